The van der Waals surface area contributed by atoms with Gasteiger partial charge in [0.05, 0.1) is 6.10 Å². The maximum atomic E-state index is 9.57. The molecule has 1 aromatic rings. The Hall–Kier alpha value is -0.570. The predicted molar refractivity (Wildman–Crippen MR) is 68.8 cm³/mol. The Morgan fingerprint density at radius 1 is 1.44 bits per heavy atom. The van der Waals surface area contributed by atoms with Crippen molar-refractivity contribution < 1.29 is 5.11 Å². The predicted octanol–water partition coefficient (Wildman–Crippen LogP) is 2.90. The molecule has 0 heterocycles. The quantitative estimate of drug-likeness (QED) is 0.850. The molecule has 2 nitrogen and oxygen atoms in total. The Morgan fingerprint density at radius 3 is 2.56 bits per heavy atom. The number of rotatable bonds is 4. The highest BCUT2D eigenvalue weighted by Crippen LogP contribution is 2.17. The summed E-state index contributed by atoms with van der Waals surface area (Å²) >= 11 is 6.05. The van der Waals surface area contributed by atoms with Gasteiger partial charge in [-0.1, -0.05) is 23.7 Å². The first-order chi connectivity index (χ1) is 7.33. The van der Waals surface area contributed by atoms with Crippen molar-refractivity contribution >= 4 is 11.6 Å². The van der Waals surface area contributed by atoms with Crippen LogP contribution in [0.3, 0.4) is 0 Å². The average Bonchev–Trinajstić information content (AvgIpc) is 2.20. The highest BCUT2D eigenvalue weighted by molar-refractivity contribution is 6.31. The van der Waals surface area contributed by atoms with Gasteiger partial charge in [-0.3, -0.25) is 0 Å². The SMILES string of the molecule is Cc1ccc(CNC(C)(C)C(C)O)cc1Cl. The Labute approximate surface area is 103 Å². The van der Waals surface area contributed by atoms with E-state index < -0.39 is 6.10 Å². The van der Waals surface area contributed by atoms with Crippen LogP contribution in [0.5, 0.6) is 0 Å². The van der Waals surface area contributed by atoms with E-state index in [1.165, 1.54) is 0 Å². The molecule has 0 aliphatic heterocycles. The minimum atomic E-state index is -0.395. The topological polar surface area (TPSA) is 32.3 Å². The number of benzene rings is 1. The number of hydrogen-bond donors (Lipinski definition) is 2. The molecule has 0 aliphatic rings. The largest absolute Gasteiger partial charge is 0.392 e. The minimum absolute atomic E-state index is 0.294. The van der Waals surface area contributed by atoms with Gasteiger partial charge in [0.25, 0.3) is 0 Å². The number of nitrogens with one attached hydrogen (secondary N) is 1. The highest BCUT2D eigenvalue weighted by Gasteiger charge is 2.22. The van der Waals surface area contributed by atoms with Crippen molar-refractivity contribution in [2.45, 2.75) is 45.9 Å². The summed E-state index contributed by atoms with van der Waals surface area (Å²) in [6.07, 6.45) is -0.395. The third-order valence-corrected chi connectivity index (χ3v) is 3.44. The molecule has 0 spiro atoms. The van der Waals surface area contributed by atoms with E-state index in [-0.39, 0.29) is 5.54 Å². The van der Waals surface area contributed by atoms with E-state index in [1.54, 1.807) is 6.92 Å². The molecule has 0 fully saturated rings. The van der Waals surface area contributed by atoms with Gasteiger partial charge in [0, 0.05) is 17.1 Å². The van der Waals surface area contributed by atoms with Crippen LogP contribution in [0, 0.1) is 6.92 Å². The van der Waals surface area contributed by atoms with E-state index in [4.69, 9.17) is 11.6 Å². The van der Waals surface area contributed by atoms with Crippen LogP contribution in [-0.2, 0) is 6.54 Å². The fraction of sp³-hybridized carbons (Fsp3) is 0.538. The summed E-state index contributed by atoms with van der Waals surface area (Å²) in [5, 5.41) is 13.7. The van der Waals surface area contributed by atoms with E-state index in [2.05, 4.69) is 5.32 Å². The summed E-state index contributed by atoms with van der Waals surface area (Å²) in [6, 6.07) is 6.02. The van der Waals surface area contributed by atoms with Crippen molar-refractivity contribution in [2.75, 3.05) is 0 Å². The molecule has 3 heteroatoms. The lowest BCUT2D eigenvalue weighted by Gasteiger charge is -2.29. The van der Waals surface area contributed by atoms with Crippen molar-refractivity contribution in [3.05, 3.63) is 34.3 Å². The Kier molecular flexibility index (Phi) is 4.36. The molecule has 0 aromatic heterocycles. The van der Waals surface area contributed by atoms with E-state index in [9.17, 15) is 5.11 Å². The number of aryl methyl sites for hydroxylation is 1. The molecule has 0 radical (unpaired) electrons. The van der Waals surface area contributed by atoms with Gasteiger partial charge in [-0.2, -0.15) is 0 Å². The van der Waals surface area contributed by atoms with E-state index >= 15 is 0 Å². The zero-order valence-corrected chi connectivity index (χ0v) is 11.1. The fourth-order valence-electron chi connectivity index (χ4n) is 1.22. The van der Waals surface area contributed by atoms with Gasteiger partial charge in [0.1, 0.15) is 0 Å². The van der Waals surface area contributed by atoms with Gasteiger partial charge in [0.15, 0.2) is 0 Å². The van der Waals surface area contributed by atoms with Crippen molar-refractivity contribution in [1.29, 1.82) is 0 Å². The summed E-state index contributed by atoms with van der Waals surface area (Å²) in [6.45, 7) is 8.44. The fourth-order valence-corrected chi connectivity index (χ4v) is 1.43. The molecule has 2 N–H and O–H groups in total. The molecule has 16 heavy (non-hydrogen) atoms. The van der Waals surface area contributed by atoms with Gasteiger partial charge < -0.3 is 10.4 Å². The number of aliphatic hydroxyl groups excluding tert-OH is 1. The summed E-state index contributed by atoms with van der Waals surface area (Å²) in [4.78, 5) is 0. The van der Waals surface area contributed by atoms with Crippen LogP contribution in [0.1, 0.15) is 31.9 Å². The van der Waals surface area contributed by atoms with Crippen molar-refractivity contribution in [3.8, 4) is 0 Å². The van der Waals surface area contributed by atoms with Crippen LogP contribution in [0.2, 0.25) is 5.02 Å². The van der Waals surface area contributed by atoms with Gasteiger partial charge in [-0.15, -0.1) is 0 Å². The lowest BCUT2D eigenvalue weighted by Crippen LogP contribution is -2.47. The second kappa shape index (κ2) is 5.17. The summed E-state index contributed by atoms with van der Waals surface area (Å²) in [5.41, 5.74) is 1.92. The van der Waals surface area contributed by atoms with Crippen LogP contribution in [0.15, 0.2) is 18.2 Å². The van der Waals surface area contributed by atoms with E-state index in [0.29, 0.717) is 6.54 Å². The molecule has 0 aliphatic carbocycles. The summed E-state index contributed by atoms with van der Waals surface area (Å²) < 4.78 is 0. The Morgan fingerprint density at radius 2 is 2.06 bits per heavy atom. The molecule has 0 saturated heterocycles. The number of halogens is 1. The zero-order valence-electron chi connectivity index (χ0n) is 10.3. The normalized spacial score (nSPS) is 13.9. The maximum absolute atomic E-state index is 9.57. The summed E-state index contributed by atoms with van der Waals surface area (Å²) in [7, 11) is 0. The second-order valence-corrected chi connectivity index (χ2v) is 5.24. The standard InChI is InChI=1S/C13H20ClNO/c1-9-5-6-11(7-12(9)14)8-15-13(3,4)10(2)16/h5-7,10,15-16H,8H2,1-4H3. The lowest BCUT2D eigenvalue weighted by atomic mass is 9.98. The average molecular weight is 242 g/mol. The van der Waals surface area contributed by atoms with Gasteiger partial charge >= 0.3 is 0 Å². The molecule has 1 unspecified atom stereocenters. The molecule has 1 atom stereocenters. The lowest BCUT2D eigenvalue weighted by molar-refractivity contribution is 0.0956. The highest BCUT2D eigenvalue weighted by atomic mass is 35.5. The van der Waals surface area contributed by atoms with Crippen LogP contribution in [-0.4, -0.2) is 16.7 Å². The van der Waals surface area contributed by atoms with Gasteiger partial charge in [-0.25, -0.2) is 0 Å². The van der Waals surface area contributed by atoms with Gasteiger partial charge in [-0.05, 0) is 44.9 Å². The molecule has 1 aromatic carbocycles. The van der Waals surface area contributed by atoms with Crippen molar-refractivity contribution in [2.24, 2.45) is 0 Å². The molecule has 0 amide bonds. The van der Waals surface area contributed by atoms with Crippen LogP contribution in [0.25, 0.3) is 0 Å². The molecular weight excluding hydrogens is 222 g/mol. The van der Waals surface area contributed by atoms with Crippen LogP contribution in [0.4, 0.5) is 0 Å². The molecule has 90 valence electrons. The number of hydrogen-bond acceptors (Lipinski definition) is 2. The molecule has 0 saturated carbocycles. The first-order valence-electron chi connectivity index (χ1n) is 5.51. The van der Waals surface area contributed by atoms with Gasteiger partial charge in [0.2, 0.25) is 0 Å². The third kappa shape index (κ3) is 3.48. The molecular formula is C13H20ClNO. The molecule has 1 rings (SSSR count). The van der Waals surface area contributed by atoms with E-state index in [1.807, 2.05) is 39.0 Å². The molecule has 0 bridgehead atoms. The summed E-state index contributed by atoms with van der Waals surface area (Å²) in [5.74, 6) is 0. The zero-order chi connectivity index (χ0) is 12.3. The first-order valence-corrected chi connectivity index (χ1v) is 5.89. The Balaban J connectivity index is 2.65. The second-order valence-electron chi connectivity index (χ2n) is 4.83. The van der Waals surface area contributed by atoms with Crippen molar-refractivity contribution in [3.63, 3.8) is 0 Å². The minimum Gasteiger partial charge on any atom is -0.392 e. The monoisotopic (exact) mass is 241 g/mol. The number of aliphatic hydroxyl groups is 1. The van der Waals surface area contributed by atoms with Crippen LogP contribution < -0.4 is 5.32 Å². The van der Waals surface area contributed by atoms with E-state index in [0.717, 1.165) is 16.1 Å². The smallest absolute Gasteiger partial charge is 0.0688 e. The third-order valence-electron chi connectivity index (χ3n) is 3.03. The Bertz CT molecular complexity index is 361. The van der Waals surface area contributed by atoms with Crippen molar-refractivity contribution in [1.82, 2.24) is 5.32 Å². The van der Waals surface area contributed by atoms with Crippen LogP contribution >= 0.6 is 11.6 Å². The maximum Gasteiger partial charge on any atom is 0.0688 e. The first kappa shape index (κ1) is 13.5.